The van der Waals surface area contributed by atoms with Gasteiger partial charge in [0.15, 0.2) is 0 Å². The molecule has 2 N–H and O–H groups in total. The Morgan fingerprint density at radius 2 is 2.39 bits per heavy atom. The molecule has 0 spiro atoms. The predicted molar refractivity (Wildman–Crippen MR) is 71.2 cm³/mol. The van der Waals surface area contributed by atoms with Crippen LogP contribution in [-0.4, -0.2) is 28.9 Å². The third-order valence-electron chi connectivity index (χ3n) is 3.06. The number of carbonyl (C=O) groups is 1. The number of rotatable bonds is 6. The Labute approximate surface area is 111 Å². The minimum Gasteiger partial charge on any atom is -0.465 e. The van der Waals surface area contributed by atoms with Crippen molar-refractivity contribution in [3.05, 3.63) is 24.4 Å². The molecule has 1 fully saturated rings. The van der Waals surface area contributed by atoms with E-state index < -0.39 is 5.54 Å². The van der Waals surface area contributed by atoms with Crippen molar-refractivity contribution in [1.82, 2.24) is 4.98 Å². The van der Waals surface area contributed by atoms with Crippen LogP contribution in [0.25, 0.3) is 0 Å². The zero-order chi connectivity index (χ0) is 13.0. The highest BCUT2D eigenvalue weighted by atomic mass is 32.2. The molecule has 0 bridgehead atoms. The Kier molecular flexibility index (Phi) is 4.24. The van der Waals surface area contributed by atoms with Crippen LogP contribution in [0.5, 0.6) is 0 Å². The third-order valence-corrected chi connectivity index (χ3v) is 4.22. The second-order valence-electron chi connectivity index (χ2n) is 4.49. The SMILES string of the molecule is CCOC(=O)C(N)(CSc1ccccn1)C1CC1. The Balaban J connectivity index is 2.00. The summed E-state index contributed by atoms with van der Waals surface area (Å²) in [6.07, 6.45) is 3.76. The van der Waals surface area contributed by atoms with E-state index in [0.717, 1.165) is 17.9 Å². The number of hydrogen-bond acceptors (Lipinski definition) is 5. The fraction of sp³-hybridized carbons (Fsp3) is 0.538. The van der Waals surface area contributed by atoms with E-state index in [1.807, 2.05) is 18.2 Å². The van der Waals surface area contributed by atoms with E-state index in [0.29, 0.717) is 12.4 Å². The van der Waals surface area contributed by atoms with Crippen LogP contribution in [-0.2, 0) is 9.53 Å². The Morgan fingerprint density at radius 3 is 2.94 bits per heavy atom. The number of ether oxygens (including phenoxy) is 1. The highest BCUT2D eigenvalue weighted by molar-refractivity contribution is 7.99. The van der Waals surface area contributed by atoms with Crippen molar-refractivity contribution >= 4 is 17.7 Å². The first kappa shape index (κ1) is 13.4. The van der Waals surface area contributed by atoms with Gasteiger partial charge >= 0.3 is 5.97 Å². The number of carbonyl (C=O) groups excluding carboxylic acids is 1. The molecule has 1 unspecified atom stereocenters. The summed E-state index contributed by atoms with van der Waals surface area (Å²) in [5.74, 6) is 0.497. The van der Waals surface area contributed by atoms with Crippen LogP contribution in [0, 0.1) is 5.92 Å². The fourth-order valence-electron chi connectivity index (χ4n) is 1.83. The molecule has 1 aliphatic rings. The second-order valence-corrected chi connectivity index (χ2v) is 5.49. The van der Waals surface area contributed by atoms with E-state index in [-0.39, 0.29) is 11.9 Å². The molecule has 1 aromatic rings. The van der Waals surface area contributed by atoms with Crippen molar-refractivity contribution in [3.8, 4) is 0 Å². The molecular formula is C13H18N2O2S. The smallest absolute Gasteiger partial charge is 0.327 e. The maximum absolute atomic E-state index is 12.0. The van der Waals surface area contributed by atoms with Gasteiger partial charge in [-0.25, -0.2) is 4.98 Å². The molecule has 4 nitrogen and oxygen atoms in total. The average molecular weight is 266 g/mol. The van der Waals surface area contributed by atoms with Gasteiger partial charge in [-0.3, -0.25) is 4.79 Å². The number of nitrogens with two attached hydrogens (primary N) is 1. The zero-order valence-corrected chi connectivity index (χ0v) is 11.3. The molecule has 1 atom stereocenters. The quantitative estimate of drug-likeness (QED) is 0.628. The first-order chi connectivity index (χ1) is 8.66. The lowest BCUT2D eigenvalue weighted by atomic mass is 9.97. The number of nitrogens with zero attached hydrogens (tertiary/aromatic N) is 1. The normalized spacial score (nSPS) is 18.1. The van der Waals surface area contributed by atoms with Gasteiger partial charge in [0.1, 0.15) is 5.54 Å². The van der Waals surface area contributed by atoms with Crippen LogP contribution in [0.4, 0.5) is 0 Å². The number of aromatic nitrogens is 1. The minimum atomic E-state index is -0.863. The minimum absolute atomic E-state index is 0.257. The van der Waals surface area contributed by atoms with Gasteiger partial charge in [0.2, 0.25) is 0 Å². The van der Waals surface area contributed by atoms with Crippen LogP contribution in [0.1, 0.15) is 19.8 Å². The standard InChI is InChI=1S/C13H18N2O2S/c1-2-17-12(16)13(14,10-6-7-10)9-18-11-5-3-4-8-15-11/h3-5,8,10H,2,6-7,9,14H2,1H3. The monoisotopic (exact) mass is 266 g/mol. The molecule has 1 aliphatic carbocycles. The van der Waals surface area contributed by atoms with Gasteiger partial charge in [-0.15, -0.1) is 11.8 Å². The van der Waals surface area contributed by atoms with Crippen LogP contribution in [0.3, 0.4) is 0 Å². The molecule has 2 rings (SSSR count). The molecule has 98 valence electrons. The van der Waals surface area contributed by atoms with Crippen molar-refractivity contribution < 1.29 is 9.53 Å². The van der Waals surface area contributed by atoms with Crippen molar-refractivity contribution in [1.29, 1.82) is 0 Å². The molecule has 0 radical (unpaired) electrons. The molecule has 5 heteroatoms. The van der Waals surface area contributed by atoms with Crippen LogP contribution >= 0.6 is 11.8 Å². The van der Waals surface area contributed by atoms with E-state index in [1.165, 1.54) is 11.8 Å². The Morgan fingerprint density at radius 1 is 1.61 bits per heavy atom. The average Bonchev–Trinajstić information content (AvgIpc) is 3.22. The van der Waals surface area contributed by atoms with E-state index in [4.69, 9.17) is 10.5 Å². The molecular weight excluding hydrogens is 248 g/mol. The summed E-state index contributed by atoms with van der Waals surface area (Å²) in [5, 5.41) is 0.886. The van der Waals surface area contributed by atoms with Crippen LogP contribution in [0.15, 0.2) is 29.4 Å². The molecule has 1 aromatic heterocycles. The summed E-state index contributed by atoms with van der Waals surface area (Å²) < 4.78 is 5.10. The lowest BCUT2D eigenvalue weighted by molar-refractivity contribution is -0.149. The fourth-order valence-corrected chi connectivity index (χ4v) is 2.88. The molecule has 1 saturated carbocycles. The summed E-state index contributed by atoms with van der Waals surface area (Å²) in [5.41, 5.74) is 5.39. The molecule has 0 amide bonds. The van der Waals surface area contributed by atoms with E-state index >= 15 is 0 Å². The maximum atomic E-state index is 12.0. The summed E-state index contributed by atoms with van der Waals surface area (Å²) in [7, 11) is 0. The summed E-state index contributed by atoms with van der Waals surface area (Å²) in [6, 6.07) is 5.71. The molecule has 0 saturated heterocycles. The van der Waals surface area contributed by atoms with Crippen molar-refractivity contribution in [3.63, 3.8) is 0 Å². The number of thioether (sulfide) groups is 1. The molecule has 1 heterocycles. The summed E-state index contributed by atoms with van der Waals surface area (Å²) in [6.45, 7) is 2.18. The zero-order valence-electron chi connectivity index (χ0n) is 10.5. The molecule has 0 aromatic carbocycles. The van der Waals surface area contributed by atoms with Gasteiger partial charge in [-0.05, 0) is 37.8 Å². The highest BCUT2D eigenvalue weighted by Crippen LogP contribution is 2.41. The van der Waals surface area contributed by atoms with Crippen LogP contribution < -0.4 is 5.73 Å². The Hall–Kier alpha value is -1.07. The first-order valence-electron chi connectivity index (χ1n) is 6.16. The predicted octanol–water partition coefficient (Wildman–Crippen LogP) is 1.84. The lowest BCUT2D eigenvalue weighted by Gasteiger charge is -2.26. The van der Waals surface area contributed by atoms with Gasteiger partial charge < -0.3 is 10.5 Å². The maximum Gasteiger partial charge on any atom is 0.327 e. The van der Waals surface area contributed by atoms with Crippen LogP contribution in [0.2, 0.25) is 0 Å². The van der Waals surface area contributed by atoms with E-state index in [2.05, 4.69) is 4.98 Å². The van der Waals surface area contributed by atoms with Gasteiger partial charge in [-0.1, -0.05) is 6.07 Å². The van der Waals surface area contributed by atoms with Crippen molar-refractivity contribution in [2.45, 2.75) is 30.3 Å². The summed E-state index contributed by atoms with van der Waals surface area (Å²) in [4.78, 5) is 16.2. The summed E-state index contributed by atoms with van der Waals surface area (Å²) >= 11 is 1.51. The van der Waals surface area contributed by atoms with Crippen molar-refractivity contribution in [2.75, 3.05) is 12.4 Å². The molecule has 0 aliphatic heterocycles. The number of esters is 1. The topological polar surface area (TPSA) is 65.2 Å². The van der Waals surface area contributed by atoms with Gasteiger partial charge in [0.25, 0.3) is 0 Å². The first-order valence-corrected chi connectivity index (χ1v) is 7.15. The van der Waals surface area contributed by atoms with Gasteiger partial charge in [0, 0.05) is 11.9 Å². The Bertz CT molecular complexity index is 409. The largest absolute Gasteiger partial charge is 0.465 e. The number of hydrogen-bond donors (Lipinski definition) is 1. The van der Waals surface area contributed by atoms with Gasteiger partial charge in [0.05, 0.1) is 11.6 Å². The van der Waals surface area contributed by atoms with Gasteiger partial charge in [-0.2, -0.15) is 0 Å². The van der Waals surface area contributed by atoms with Crippen molar-refractivity contribution in [2.24, 2.45) is 11.7 Å². The molecule has 18 heavy (non-hydrogen) atoms. The number of pyridine rings is 1. The highest BCUT2D eigenvalue weighted by Gasteiger charge is 2.49. The van der Waals surface area contributed by atoms with E-state index in [1.54, 1.807) is 13.1 Å². The lowest BCUT2D eigenvalue weighted by Crippen LogP contribution is -2.53. The second kappa shape index (κ2) is 5.71. The third kappa shape index (κ3) is 3.03. The van der Waals surface area contributed by atoms with E-state index in [9.17, 15) is 4.79 Å².